The average Bonchev–Trinajstić information content (AvgIpc) is 3.21. The van der Waals surface area contributed by atoms with Crippen LogP contribution in [-0.2, 0) is 11.3 Å². The number of aromatic nitrogens is 2. The molecule has 2 aromatic heterocycles. The maximum Gasteiger partial charge on any atom is 0.229 e. The maximum atomic E-state index is 12.7. The van der Waals surface area contributed by atoms with Crippen LogP contribution in [0.5, 0.6) is 0 Å². The number of benzene rings is 1. The van der Waals surface area contributed by atoms with Gasteiger partial charge in [0.05, 0.1) is 5.92 Å². The van der Waals surface area contributed by atoms with Crippen molar-refractivity contribution in [3.05, 3.63) is 66.6 Å². The van der Waals surface area contributed by atoms with E-state index in [4.69, 9.17) is 0 Å². The number of carbonyl (C=O) groups excluding carboxylic acids is 1. The third-order valence-corrected chi connectivity index (χ3v) is 4.94. The Bertz CT molecular complexity index is 874. The summed E-state index contributed by atoms with van der Waals surface area (Å²) in [5.41, 5.74) is 2.93. The van der Waals surface area contributed by atoms with Crippen molar-refractivity contribution in [2.75, 3.05) is 18.4 Å². The van der Waals surface area contributed by atoms with Crippen LogP contribution in [0.4, 0.5) is 5.69 Å². The molecule has 0 radical (unpaired) electrons. The number of nitrogens with one attached hydrogen (secondary N) is 1. The van der Waals surface area contributed by atoms with Gasteiger partial charge in [0.1, 0.15) is 5.65 Å². The molecule has 2 unspecified atom stereocenters. The molecule has 1 N–H and O–H groups in total. The summed E-state index contributed by atoms with van der Waals surface area (Å²) in [6, 6.07) is 14.2. The lowest BCUT2D eigenvalue weighted by Crippen LogP contribution is -2.28. The molecule has 1 aliphatic heterocycles. The quantitative estimate of drug-likeness (QED) is 0.798. The van der Waals surface area contributed by atoms with Crippen molar-refractivity contribution >= 4 is 17.2 Å². The van der Waals surface area contributed by atoms with Crippen molar-refractivity contribution in [2.45, 2.75) is 13.5 Å². The van der Waals surface area contributed by atoms with Gasteiger partial charge in [-0.3, -0.25) is 9.69 Å². The van der Waals surface area contributed by atoms with E-state index in [9.17, 15) is 4.79 Å². The molecule has 3 aromatic rings. The number of hydrogen-bond acceptors (Lipinski definition) is 3. The van der Waals surface area contributed by atoms with Gasteiger partial charge in [0.25, 0.3) is 0 Å². The summed E-state index contributed by atoms with van der Waals surface area (Å²) in [5.74, 6) is 0.456. The zero-order chi connectivity index (χ0) is 17.2. The molecule has 5 heteroatoms. The highest BCUT2D eigenvalue weighted by molar-refractivity contribution is 5.93. The van der Waals surface area contributed by atoms with Crippen LogP contribution in [0.15, 0.2) is 61.1 Å². The summed E-state index contributed by atoms with van der Waals surface area (Å²) >= 11 is 0. The number of amides is 1. The van der Waals surface area contributed by atoms with Crippen LogP contribution in [0.1, 0.15) is 12.5 Å². The summed E-state index contributed by atoms with van der Waals surface area (Å²) < 4.78 is 1.93. The lowest BCUT2D eigenvalue weighted by Gasteiger charge is -2.16. The molecule has 128 valence electrons. The second-order valence-corrected chi connectivity index (χ2v) is 6.86. The fraction of sp³-hybridized carbons (Fsp3) is 0.300. The van der Waals surface area contributed by atoms with E-state index in [1.807, 2.05) is 35.0 Å². The van der Waals surface area contributed by atoms with E-state index < -0.39 is 0 Å². The van der Waals surface area contributed by atoms with Gasteiger partial charge in [0, 0.05) is 50.0 Å². The molecule has 25 heavy (non-hydrogen) atoms. The number of likely N-dealkylation sites (tertiary alicyclic amines) is 1. The number of anilines is 1. The van der Waals surface area contributed by atoms with E-state index >= 15 is 0 Å². The minimum absolute atomic E-state index is 0.0136. The first kappa shape index (κ1) is 15.8. The molecule has 0 spiro atoms. The van der Waals surface area contributed by atoms with Crippen LogP contribution in [0.3, 0.4) is 0 Å². The molecule has 5 nitrogen and oxygen atoms in total. The van der Waals surface area contributed by atoms with Gasteiger partial charge in [0.2, 0.25) is 5.91 Å². The molecule has 0 saturated carbocycles. The van der Waals surface area contributed by atoms with Gasteiger partial charge < -0.3 is 9.72 Å². The molecule has 1 saturated heterocycles. The Morgan fingerprint density at radius 1 is 1.20 bits per heavy atom. The zero-order valence-electron chi connectivity index (χ0n) is 14.3. The Labute approximate surface area is 147 Å². The molecule has 1 aromatic carbocycles. The predicted molar refractivity (Wildman–Crippen MR) is 98.2 cm³/mol. The Morgan fingerprint density at radius 3 is 2.88 bits per heavy atom. The lowest BCUT2D eigenvalue weighted by molar-refractivity contribution is -0.120. The highest BCUT2D eigenvalue weighted by atomic mass is 16.2. The molecule has 1 fully saturated rings. The van der Waals surface area contributed by atoms with Gasteiger partial charge in [-0.05, 0) is 17.5 Å². The van der Waals surface area contributed by atoms with Gasteiger partial charge in [-0.2, -0.15) is 0 Å². The van der Waals surface area contributed by atoms with E-state index in [0.29, 0.717) is 5.92 Å². The Kier molecular flexibility index (Phi) is 4.24. The standard InChI is InChI=1S/C20H22N4O/c1-15-12-23(13-16-5-3-2-4-6-16)14-18(15)20(25)22-17-7-9-24-10-8-21-19(24)11-17/h2-11,15,18H,12-14H2,1H3,(H,22,25). The topological polar surface area (TPSA) is 49.6 Å². The third-order valence-electron chi connectivity index (χ3n) is 4.94. The normalized spacial score (nSPS) is 20.8. The Morgan fingerprint density at radius 2 is 2.04 bits per heavy atom. The predicted octanol–water partition coefficient (Wildman–Crippen LogP) is 3.04. The van der Waals surface area contributed by atoms with Crippen LogP contribution < -0.4 is 5.32 Å². The smallest absolute Gasteiger partial charge is 0.229 e. The molecule has 0 bridgehead atoms. The zero-order valence-corrected chi connectivity index (χ0v) is 14.3. The van der Waals surface area contributed by atoms with E-state index in [2.05, 4.69) is 46.4 Å². The highest BCUT2D eigenvalue weighted by Gasteiger charge is 2.34. The second kappa shape index (κ2) is 6.69. The molecular weight excluding hydrogens is 312 g/mol. The van der Waals surface area contributed by atoms with Crippen LogP contribution in [-0.4, -0.2) is 33.3 Å². The summed E-state index contributed by atoms with van der Waals surface area (Å²) in [6.45, 7) is 4.81. The fourth-order valence-corrected chi connectivity index (χ4v) is 3.60. The summed E-state index contributed by atoms with van der Waals surface area (Å²) in [6.07, 6.45) is 5.56. The molecular formula is C20H22N4O. The van der Waals surface area contributed by atoms with Crippen LogP contribution in [0.25, 0.3) is 5.65 Å². The minimum atomic E-state index is 0.0136. The lowest BCUT2D eigenvalue weighted by atomic mass is 9.97. The summed E-state index contributed by atoms with van der Waals surface area (Å²) in [4.78, 5) is 19.4. The molecule has 1 aliphatic rings. The van der Waals surface area contributed by atoms with Gasteiger partial charge in [-0.15, -0.1) is 0 Å². The highest BCUT2D eigenvalue weighted by Crippen LogP contribution is 2.26. The largest absolute Gasteiger partial charge is 0.326 e. The molecule has 3 heterocycles. The van der Waals surface area contributed by atoms with Gasteiger partial charge >= 0.3 is 0 Å². The van der Waals surface area contributed by atoms with Crippen molar-refractivity contribution in [2.24, 2.45) is 11.8 Å². The number of carbonyl (C=O) groups is 1. The Hall–Kier alpha value is -2.66. The van der Waals surface area contributed by atoms with Gasteiger partial charge in [-0.1, -0.05) is 37.3 Å². The average molecular weight is 334 g/mol. The summed E-state index contributed by atoms with van der Waals surface area (Å²) in [5, 5.41) is 3.06. The van der Waals surface area contributed by atoms with Crippen molar-refractivity contribution < 1.29 is 4.79 Å². The SMILES string of the molecule is CC1CN(Cc2ccccc2)CC1C(=O)Nc1ccn2ccnc2c1. The first-order valence-electron chi connectivity index (χ1n) is 8.69. The van der Waals surface area contributed by atoms with Crippen molar-refractivity contribution in [3.8, 4) is 0 Å². The van der Waals surface area contributed by atoms with Crippen LogP contribution in [0.2, 0.25) is 0 Å². The van der Waals surface area contributed by atoms with Gasteiger partial charge in [0.15, 0.2) is 0 Å². The molecule has 0 aliphatic carbocycles. The van der Waals surface area contributed by atoms with Gasteiger partial charge in [-0.25, -0.2) is 4.98 Å². The van der Waals surface area contributed by atoms with E-state index in [1.54, 1.807) is 6.20 Å². The van der Waals surface area contributed by atoms with E-state index in [1.165, 1.54) is 5.56 Å². The minimum Gasteiger partial charge on any atom is -0.326 e. The molecule has 2 atom stereocenters. The number of rotatable bonds is 4. The third kappa shape index (κ3) is 3.42. The van der Waals surface area contributed by atoms with Crippen molar-refractivity contribution in [1.29, 1.82) is 0 Å². The number of nitrogens with zero attached hydrogens (tertiary/aromatic N) is 3. The first-order valence-corrected chi connectivity index (χ1v) is 8.69. The summed E-state index contributed by atoms with van der Waals surface area (Å²) in [7, 11) is 0. The second-order valence-electron chi connectivity index (χ2n) is 6.86. The van der Waals surface area contributed by atoms with E-state index in [-0.39, 0.29) is 11.8 Å². The maximum absolute atomic E-state index is 12.7. The van der Waals surface area contributed by atoms with Crippen molar-refractivity contribution in [1.82, 2.24) is 14.3 Å². The van der Waals surface area contributed by atoms with Crippen molar-refractivity contribution in [3.63, 3.8) is 0 Å². The number of pyridine rings is 1. The van der Waals surface area contributed by atoms with Crippen LogP contribution >= 0.6 is 0 Å². The number of imidazole rings is 1. The fourth-order valence-electron chi connectivity index (χ4n) is 3.60. The Balaban J connectivity index is 1.41. The first-order chi connectivity index (χ1) is 12.2. The molecule has 4 rings (SSSR count). The monoisotopic (exact) mass is 334 g/mol. The van der Waals surface area contributed by atoms with E-state index in [0.717, 1.165) is 31.0 Å². The number of fused-ring (bicyclic) bond motifs is 1. The number of hydrogen-bond donors (Lipinski definition) is 1. The van der Waals surface area contributed by atoms with Crippen LogP contribution in [0, 0.1) is 11.8 Å². The molecule has 1 amide bonds.